The van der Waals surface area contributed by atoms with E-state index in [0.717, 1.165) is 5.56 Å². The molecule has 0 atom stereocenters. The highest BCUT2D eigenvalue weighted by Gasteiger charge is 2.16. The van der Waals surface area contributed by atoms with Crippen molar-refractivity contribution in [3.8, 4) is 23.8 Å². The van der Waals surface area contributed by atoms with Gasteiger partial charge in [0.1, 0.15) is 13.2 Å². The quantitative estimate of drug-likeness (QED) is 0.503. The van der Waals surface area contributed by atoms with E-state index >= 15 is 0 Å². The van der Waals surface area contributed by atoms with Gasteiger partial charge in [-0.3, -0.25) is 4.99 Å². The number of ether oxygens (including phenoxy) is 2. The summed E-state index contributed by atoms with van der Waals surface area (Å²) in [5, 5.41) is 6.67. The highest BCUT2D eigenvalue weighted by Crippen LogP contribution is 2.38. The Morgan fingerprint density at radius 1 is 1.40 bits per heavy atom. The zero-order valence-electron chi connectivity index (χ0n) is 11.2. The molecule has 1 aromatic carbocycles. The zero-order chi connectivity index (χ0) is 14.4. The summed E-state index contributed by atoms with van der Waals surface area (Å²) in [7, 11) is 1.68. The Labute approximate surface area is 123 Å². The Balaban J connectivity index is 2.03. The van der Waals surface area contributed by atoms with Crippen molar-refractivity contribution in [1.82, 2.24) is 10.6 Å². The Hall–Kier alpha value is -2.06. The molecule has 0 aromatic heterocycles. The molecule has 0 fully saturated rings. The SMILES string of the molecule is C#CCNC(=NC)NCc1cc(Cl)c2c(c1)OCCO2. The Morgan fingerprint density at radius 3 is 2.95 bits per heavy atom. The fraction of sp³-hybridized carbons (Fsp3) is 0.357. The summed E-state index contributed by atoms with van der Waals surface area (Å²) >= 11 is 6.17. The van der Waals surface area contributed by atoms with Gasteiger partial charge in [-0.05, 0) is 17.7 Å². The first-order chi connectivity index (χ1) is 9.74. The molecule has 1 heterocycles. The van der Waals surface area contributed by atoms with E-state index in [0.29, 0.717) is 48.8 Å². The molecule has 0 bridgehead atoms. The van der Waals surface area contributed by atoms with Crippen LogP contribution in [0.25, 0.3) is 0 Å². The van der Waals surface area contributed by atoms with Gasteiger partial charge < -0.3 is 20.1 Å². The van der Waals surface area contributed by atoms with Crippen LogP contribution < -0.4 is 20.1 Å². The average Bonchev–Trinajstić information content (AvgIpc) is 2.47. The van der Waals surface area contributed by atoms with E-state index in [1.54, 1.807) is 7.05 Å². The minimum atomic E-state index is 0.418. The first-order valence-corrected chi connectivity index (χ1v) is 6.58. The molecule has 106 valence electrons. The Kier molecular flexibility index (Phi) is 4.97. The third-order valence-corrected chi connectivity index (χ3v) is 2.98. The van der Waals surface area contributed by atoms with Crippen molar-refractivity contribution in [3.05, 3.63) is 22.7 Å². The summed E-state index contributed by atoms with van der Waals surface area (Å²) in [6.45, 7) is 2.03. The van der Waals surface area contributed by atoms with Crippen molar-refractivity contribution in [2.45, 2.75) is 6.54 Å². The van der Waals surface area contributed by atoms with Crippen LogP contribution in [0.5, 0.6) is 11.5 Å². The summed E-state index contributed by atoms with van der Waals surface area (Å²) in [5.41, 5.74) is 0.975. The standard InChI is InChI=1S/C14H16ClN3O2/c1-3-4-17-14(16-2)18-9-10-7-11(15)13-12(8-10)19-5-6-20-13/h1,7-8H,4-6,9H2,2H3,(H2,16,17,18). The number of aliphatic imine (C=N–C) groups is 1. The Bertz CT molecular complexity index is 552. The second-order valence-corrected chi connectivity index (χ2v) is 4.49. The van der Waals surface area contributed by atoms with E-state index in [4.69, 9.17) is 27.5 Å². The molecule has 1 aliphatic heterocycles. The van der Waals surface area contributed by atoms with Crippen molar-refractivity contribution in [3.63, 3.8) is 0 Å². The molecule has 0 unspecified atom stereocenters. The summed E-state index contributed by atoms with van der Waals surface area (Å²) in [6, 6.07) is 3.75. The predicted octanol–water partition coefficient (Wildman–Crippen LogP) is 1.41. The van der Waals surface area contributed by atoms with Gasteiger partial charge in [0.15, 0.2) is 17.5 Å². The fourth-order valence-electron chi connectivity index (χ4n) is 1.81. The first kappa shape index (κ1) is 14.4. The number of nitrogens with one attached hydrogen (secondary N) is 2. The lowest BCUT2D eigenvalue weighted by Crippen LogP contribution is -2.36. The molecule has 2 rings (SSSR count). The third kappa shape index (κ3) is 3.49. The van der Waals surface area contributed by atoms with Gasteiger partial charge in [0.2, 0.25) is 0 Å². The maximum Gasteiger partial charge on any atom is 0.192 e. The molecule has 20 heavy (non-hydrogen) atoms. The molecule has 0 radical (unpaired) electrons. The van der Waals surface area contributed by atoms with Crippen LogP contribution in [0.4, 0.5) is 0 Å². The monoisotopic (exact) mass is 293 g/mol. The van der Waals surface area contributed by atoms with Gasteiger partial charge in [-0.15, -0.1) is 6.42 Å². The molecule has 0 saturated carbocycles. The highest BCUT2D eigenvalue weighted by molar-refractivity contribution is 6.32. The van der Waals surface area contributed by atoms with E-state index in [2.05, 4.69) is 21.5 Å². The smallest absolute Gasteiger partial charge is 0.192 e. The predicted molar refractivity (Wildman–Crippen MR) is 79.5 cm³/mol. The molecule has 0 amide bonds. The van der Waals surface area contributed by atoms with E-state index in [-0.39, 0.29) is 0 Å². The van der Waals surface area contributed by atoms with Crippen LogP contribution in [0.15, 0.2) is 17.1 Å². The topological polar surface area (TPSA) is 54.9 Å². The lowest BCUT2D eigenvalue weighted by molar-refractivity contribution is 0.171. The zero-order valence-corrected chi connectivity index (χ0v) is 12.0. The molecular weight excluding hydrogens is 278 g/mol. The first-order valence-electron chi connectivity index (χ1n) is 6.20. The number of terminal acetylenes is 1. The normalized spacial score (nSPS) is 13.6. The molecule has 0 aliphatic carbocycles. The second kappa shape index (κ2) is 6.92. The van der Waals surface area contributed by atoms with Crippen molar-refractivity contribution in [1.29, 1.82) is 0 Å². The van der Waals surface area contributed by atoms with E-state index in [1.807, 2.05) is 12.1 Å². The molecule has 5 nitrogen and oxygen atoms in total. The number of fused-ring (bicyclic) bond motifs is 1. The molecule has 0 saturated heterocycles. The van der Waals surface area contributed by atoms with Crippen molar-refractivity contribution in [2.24, 2.45) is 4.99 Å². The number of hydrogen-bond donors (Lipinski definition) is 2. The van der Waals surface area contributed by atoms with Gasteiger partial charge in [-0.25, -0.2) is 0 Å². The molecule has 1 aromatic rings. The molecule has 0 spiro atoms. The van der Waals surface area contributed by atoms with E-state index in [1.165, 1.54) is 0 Å². The highest BCUT2D eigenvalue weighted by atomic mass is 35.5. The average molecular weight is 294 g/mol. The number of guanidine groups is 1. The van der Waals surface area contributed by atoms with Crippen LogP contribution in [0, 0.1) is 12.3 Å². The van der Waals surface area contributed by atoms with Gasteiger partial charge in [0.05, 0.1) is 11.6 Å². The Morgan fingerprint density at radius 2 is 2.20 bits per heavy atom. The summed E-state index contributed by atoms with van der Waals surface area (Å²) in [5.74, 6) is 4.41. The number of halogens is 1. The van der Waals surface area contributed by atoms with Crippen molar-refractivity contribution < 1.29 is 9.47 Å². The van der Waals surface area contributed by atoms with Crippen LogP contribution in [0.1, 0.15) is 5.56 Å². The molecule has 6 heteroatoms. The van der Waals surface area contributed by atoms with Crippen LogP contribution in [-0.4, -0.2) is 32.8 Å². The minimum absolute atomic E-state index is 0.418. The lowest BCUT2D eigenvalue weighted by Gasteiger charge is -2.20. The van der Waals surface area contributed by atoms with Crippen LogP contribution >= 0.6 is 11.6 Å². The maximum atomic E-state index is 6.17. The van der Waals surface area contributed by atoms with Crippen LogP contribution in [-0.2, 0) is 6.54 Å². The third-order valence-electron chi connectivity index (χ3n) is 2.70. The van der Waals surface area contributed by atoms with Gasteiger partial charge in [0, 0.05) is 13.6 Å². The lowest BCUT2D eigenvalue weighted by atomic mass is 10.2. The summed E-state index contributed by atoms with van der Waals surface area (Å²) in [4.78, 5) is 4.06. The number of nitrogens with zero attached hydrogens (tertiary/aromatic N) is 1. The number of hydrogen-bond acceptors (Lipinski definition) is 3. The van der Waals surface area contributed by atoms with Gasteiger partial charge >= 0.3 is 0 Å². The van der Waals surface area contributed by atoms with Crippen molar-refractivity contribution >= 4 is 17.6 Å². The minimum Gasteiger partial charge on any atom is -0.486 e. The van der Waals surface area contributed by atoms with Crippen molar-refractivity contribution in [2.75, 3.05) is 26.8 Å². The molecule has 2 N–H and O–H groups in total. The second-order valence-electron chi connectivity index (χ2n) is 4.09. The summed E-state index contributed by atoms with van der Waals surface area (Å²) < 4.78 is 11.0. The maximum absolute atomic E-state index is 6.17. The number of benzene rings is 1. The van der Waals surface area contributed by atoms with E-state index < -0.39 is 0 Å². The number of rotatable bonds is 3. The fourth-order valence-corrected chi connectivity index (χ4v) is 2.10. The van der Waals surface area contributed by atoms with Crippen LogP contribution in [0.2, 0.25) is 5.02 Å². The van der Waals surface area contributed by atoms with Gasteiger partial charge in [0.25, 0.3) is 0 Å². The van der Waals surface area contributed by atoms with E-state index in [9.17, 15) is 0 Å². The molecular formula is C14H16ClN3O2. The largest absolute Gasteiger partial charge is 0.486 e. The molecule has 1 aliphatic rings. The van der Waals surface area contributed by atoms with Gasteiger partial charge in [-0.1, -0.05) is 17.5 Å². The summed E-state index contributed by atoms with van der Waals surface area (Å²) in [6.07, 6.45) is 5.19. The van der Waals surface area contributed by atoms with Gasteiger partial charge in [-0.2, -0.15) is 0 Å². The van der Waals surface area contributed by atoms with Crippen LogP contribution in [0.3, 0.4) is 0 Å².